The third kappa shape index (κ3) is 22.5. The molecule has 42 heavy (non-hydrogen) atoms. The molecule has 0 bridgehead atoms. The highest BCUT2D eigenvalue weighted by Gasteiger charge is 2.27. The average molecular weight is 609 g/mol. The zero-order valence-electron chi connectivity index (χ0n) is 25.9. The zero-order chi connectivity index (χ0) is 32.6. The van der Waals surface area contributed by atoms with E-state index in [1.165, 1.54) is 23.0 Å². The number of benzene rings is 2. The van der Waals surface area contributed by atoms with E-state index < -0.39 is 25.0 Å². The number of thioether (sulfide) groups is 1. The second kappa shape index (κ2) is 24.4. The van der Waals surface area contributed by atoms with Crippen LogP contribution in [0.25, 0.3) is 0 Å². The number of terminal acetylenes is 1. The predicted molar refractivity (Wildman–Crippen MR) is 170 cm³/mol. The molecule has 2 unspecified atom stereocenters. The Morgan fingerprint density at radius 3 is 2.17 bits per heavy atom. The molecule has 0 aliphatic heterocycles. The molecule has 2 aromatic rings. The van der Waals surface area contributed by atoms with E-state index in [-0.39, 0.29) is 0 Å². The molecule has 8 heteroatoms. The predicted octanol–water partition coefficient (Wildman–Crippen LogP) is 10.1. The topological polar surface area (TPSA) is 55.8 Å². The van der Waals surface area contributed by atoms with Crippen LogP contribution in [0.2, 0.25) is 0 Å². The molecule has 2 atom stereocenters. The van der Waals surface area contributed by atoms with E-state index in [2.05, 4.69) is 69.5 Å². The third-order valence-corrected chi connectivity index (χ3v) is 6.17. The second-order valence-electron chi connectivity index (χ2n) is 9.20. The molecule has 0 amide bonds. The number of allylic oxidation sites excluding steroid dienone is 3. The maximum Gasteiger partial charge on any atom is 0.522 e. The minimum Gasteiger partial charge on any atom is -0.479 e. The Morgan fingerprint density at radius 1 is 1.07 bits per heavy atom. The van der Waals surface area contributed by atoms with Gasteiger partial charge in [-0.25, -0.2) is 4.79 Å². The highest BCUT2D eigenvalue weighted by molar-refractivity contribution is 8.00. The van der Waals surface area contributed by atoms with Crippen LogP contribution in [-0.4, -0.2) is 35.4 Å². The summed E-state index contributed by atoms with van der Waals surface area (Å²) in [6, 6.07) is 15.9. The lowest BCUT2D eigenvalue weighted by atomic mass is 10.1. The van der Waals surface area contributed by atoms with Crippen LogP contribution in [0, 0.1) is 19.8 Å². The van der Waals surface area contributed by atoms with E-state index in [0.717, 1.165) is 24.0 Å². The van der Waals surface area contributed by atoms with Gasteiger partial charge >= 0.3 is 12.3 Å². The van der Waals surface area contributed by atoms with Gasteiger partial charge in [0.25, 0.3) is 0 Å². The number of ether oxygens (including phenoxy) is 2. The minimum absolute atomic E-state index is 0.402. The third-order valence-electron chi connectivity index (χ3n) is 5.06. The summed E-state index contributed by atoms with van der Waals surface area (Å²) in [5.74, 6) is -0.289. The van der Waals surface area contributed by atoms with Gasteiger partial charge in [-0.15, -0.1) is 37.8 Å². The Labute approximate surface area is 255 Å². The number of halogens is 3. The van der Waals surface area contributed by atoms with Crippen molar-refractivity contribution in [2.75, 3.05) is 6.61 Å². The summed E-state index contributed by atoms with van der Waals surface area (Å²) in [6.45, 7) is 13.8. The van der Waals surface area contributed by atoms with Crippen LogP contribution in [0.1, 0.15) is 71.9 Å². The first-order chi connectivity index (χ1) is 19.8. The van der Waals surface area contributed by atoms with Crippen molar-refractivity contribution < 1.29 is 32.5 Å². The van der Waals surface area contributed by atoms with Gasteiger partial charge in [-0.05, 0) is 62.9 Å². The summed E-state index contributed by atoms with van der Waals surface area (Å²) in [5.41, 5.74) is 3.50. The Balaban J connectivity index is 0. The van der Waals surface area contributed by atoms with Crippen molar-refractivity contribution >= 4 is 17.7 Å². The molecule has 0 saturated carbocycles. The van der Waals surface area contributed by atoms with Crippen LogP contribution in [0.4, 0.5) is 13.2 Å². The van der Waals surface area contributed by atoms with E-state index in [9.17, 15) is 18.0 Å². The van der Waals surface area contributed by atoms with Gasteiger partial charge in [0, 0.05) is 10.1 Å². The summed E-state index contributed by atoms with van der Waals surface area (Å²) >= 11 is 1.79. The standard InChI is InChI=1S/C17H21F3OS.C12H16O3.C3H8.C2H2/c1-13-7-9-16(10-8-13)22-15(3)12-14(2)6-4-5-11-21-17(18,19)20;1-3-9-6-5-7-10(8-9)15-11(4-2)12(13)14;1-3-2;1-2/h4-10,15H,11-12H2,1-3H3;5-8,11H,3-4H2,1-2H3,(H,13,14);3H2,1-2H3;1-2H/b5-4-,14-6-;;;. The van der Waals surface area contributed by atoms with E-state index in [4.69, 9.17) is 9.84 Å². The molecular formula is C34H47F3O4S. The molecule has 0 spiro atoms. The summed E-state index contributed by atoms with van der Waals surface area (Å²) in [5, 5.41) is 9.24. The lowest BCUT2D eigenvalue weighted by Gasteiger charge is -2.13. The van der Waals surface area contributed by atoms with Crippen LogP contribution in [0.3, 0.4) is 0 Å². The molecule has 2 rings (SSSR count). The molecule has 0 fully saturated rings. The first-order valence-corrected chi connectivity index (χ1v) is 14.8. The van der Waals surface area contributed by atoms with E-state index in [0.29, 0.717) is 17.4 Å². The lowest BCUT2D eigenvalue weighted by molar-refractivity contribution is -0.319. The lowest BCUT2D eigenvalue weighted by Crippen LogP contribution is -2.25. The Hall–Kier alpha value is -3.15. The fourth-order valence-electron chi connectivity index (χ4n) is 3.15. The van der Waals surface area contributed by atoms with Gasteiger partial charge in [0.1, 0.15) is 5.75 Å². The molecule has 0 aliphatic rings. The Kier molecular flexibility index (Phi) is 23.9. The number of carbonyl (C=O) groups is 1. The number of aliphatic carboxylic acids is 1. The minimum atomic E-state index is -4.57. The Morgan fingerprint density at radius 2 is 1.67 bits per heavy atom. The monoisotopic (exact) mass is 608 g/mol. The van der Waals surface area contributed by atoms with Crippen molar-refractivity contribution in [3.05, 3.63) is 83.5 Å². The van der Waals surface area contributed by atoms with Gasteiger partial charge in [0.05, 0.1) is 6.61 Å². The normalized spacial score (nSPS) is 12.4. The van der Waals surface area contributed by atoms with E-state index >= 15 is 0 Å². The number of aryl methyl sites for hydroxylation is 2. The molecular weight excluding hydrogens is 561 g/mol. The number of hydrogen-bond donors (Lipinski definition) is 1. The molecule has 0 saturated heterocycles. The highest BCUT2D eigenvalue weighted by atomic mass is 32.2. The van der Waals surface area contributed by atoms with Gasteiger partial charge in [-0.1, -0.05) is 94.7 Å². The smallest absolute Gasteiger partial charge is 0.479 e. The van der Waals surface area contributed by atoms with Gasteiger partial charge in [-0.3, -0.25) is 4.74 Å². The van der Waals surface area contributed by atoms with E-state index in [1.54, 1.807) is 30.8 Å². The van der Waals surface area contributed by atoms with Crippen molar-refractivity contribution in [1.82, 2.24) is 0 Å². The molecule has 4 nitrogen and oxygen atoms in total. The van der Waals surface area contributed by atoms with Gasteiger partial charge in [-0.2, -0.15) is 0 Å². The molecule has 0 radical (unpaired) electrons. The average Bonchev–Trinajstić information content (AvgIpc) is 2.94. The molecule has 0 aromatic heterocycles. The summed E-state index contributed by atoms with van der Waals surface area (Å²) in [6.07, 6.45) is 11.0. The SMILES string of the molecule is C#C.C/C(=C/C=C\COC(F)(F)F)CC(C)Sc1ccc(C)cc1.CCC.CCc1cccc(OC(CC)C(=O)O)c1. The number of carboxylic acids is 1. The van der Waals surface area contributed by atoms with Gasteiger partial charge in [0.15, 0.2) is 6.10 Å². The molecule has 1 N–H and O–H groups in total. The van der Waals surface area contributed by atoms with Crippen LogP contribution >= 0.6 is 11.8 Å². The van der Waals surface area contributed by atoms with Crippen LogP contribution < -0.4 is 4.74 Å². The van der Waals surface area contributed by atoms with Crippen molar-refractivity contribution in [3.63, 3.8) is 0 Å². The summed E-state index contributed by atoms with van der Waals surface area (Å²) in [7, 11) is 0. The van der Waals surface area contributed by atoms with Crippen molar-refractivity contribution in [3.8, 4) is 18.6 Å². The number of carboxylic acid groups (broad SMARTS) is 1. The maximum absolute atomic E-state index is 11.8. The van der Waals surface area contributed by atoms with Crippen LogP contribution in [0.15, 0.2) is 77.2 Å². The maximum atomic E-state index is 11.8. The first kappa shape index (κ1) is 41.0. The number of alkyl halides is 3. The summed E-state index contributed by atoms with van der Waals surface area (Å²) < 4.78 is 44.3. The van der Waals surface area contributed by atoms with Gasteiger partial charge in [0.2, 0.25) is 0 Å². The molecule has 2 aromatic carbocycles. The quantitative estimate of drug-likeness (QED) is 0.148. The molecule has 0 aliphatic carbocycles. The molecule has 0 heterocycles. The zero-order valence-corrected chi connectivity index (χ0v) is 26.7. The van der Waals surface area contributed by atoms with Gasteiger partial charge < -0.3 is 9.84 Å². The van der Waals surface area contributed by atoms with Crippen molar-refractivity contribution in [2.45, 2.75) is 96.8 Å². The number of rotatable bonds is 12. The van der Waals surface area contributed by atoms with Crippen molar-refractivity contribution in [1.29, 1.82) is 0 Å². The van der Waals surface area contributed by atoms with Crippen LogP contribution in [-0.2, 0) is 16.0 Å². The summed E-state index contributed by atoms with van der Waals surface area (Å²) in [4.78, 5) is 12.0. The number of hydrogen-bond acceptors (Lipinski definition) is 4. The van der Waals surface area contributed by atoms with E-state index in [1.807, 2.05) is 38.1 Å². The first-order valence-electron chi connectivity index (χ1n) is 13.9. The van der Waals surface area contributed by atoms with Crippen LogP contribution in [0.5, 0.6) is 5.75 Å². The highest BCUT2D eigenvalue weighted by Crippen LogP contribution is 2.27. The molecule has 234 valence electrons. The Bertz CT molecular complexity index is 1060. The fourth-order valence-corrected chi connectivity index (χ4v) is 4.26. The fraction of sp³-hybridized carbons (Fsp3) is 0.441. The second-order valence-corrected chi connectivity index (χ2v) is 10.7. The largest absolute Gasteiger partial charge is 0.522 e. The van der Waals surface area contributed by atoms with Crippen molar-refractivity contribution in [2.24, 2.45) is 0 Å².